The van der Waals surface area contributed by atoms with Gasteiger partial charge in [0.2, 0.25) is 5.91 Å². The van der Waals surface area contributed by atoms with Gasteiger partial charge in [0.25, 0.3) is 0 Å². The van der Waals surface area contributed by atoms with Gasteiger partial charge in [-0.25, -0.2) is 13.2 Å². The molecule has 1 aliphatic rings. The molecule has 3 rings (SSSR count). The molecule has 0 radical (unpaired) electrons. The number of fused-ring (bicyclic) bond motifs is 1. The lowest BCUT2D eigenvalue weighted by molar-refractivity contribution is -0.113. The first-order chi connectivity index (χ1) is 9.99. The predicted octanol–water partition coefficient (Wildman–Crippen LogP) is 2.91. The maximum absolute atomic E-state index is 14.0. The standard InChI is InChI=1S/C13H10F3N3OS/c1-5-9-12(6-2-3-7(14)11(16)10(6)15)21-4-8(20)17-13(9)19-18-5/h2-3,12H,4H2,1H3,(H2,17,18,19,20)/t12-/m0/s1. The number of carbonyl (C=O) groups is 1. The quantitative estimate of drug-likeness (QED) is 0.796. The molecule has 0 spiro atoms. The number of rotatable bonds is 1. The lowest BCUT2D eigenvalue weighted by atomic mass is 10.0. The first kappa shape index (κ1) is 14.0. The molecule has 8 heteroatoms. The second-order valence-corrected chi connectivity index (χ2v) is 5.71. The lowest BCUT2D eigenvalue weighted by Crippen LogP contribution is -2.12. The Morgan fingerprint density at radius 2 is 2.05 bits per heavy atom. The minimum absolute atomic E-state index is 0.0128. The van der Waals surface area contributed by atoms with Crippen LogP contribution in [0.2, 0.25) is 0 Å². The average Bonchev–Trinajstić information content (AvgIpc) is 2.70. The van der Waals surface area contributed by atoms with Crippen molar-refractivity contribution in [3.8, 4) is 0 Å². The molecule has 2 N–H and O–H groups in total. The van der Waals surface area contributed by atoms with Crippen molar-refractivity contribution < 1.29 is 18.0 Å². The van der Waals surface area contributed by atoms with Crippen molar-refractivity contribution in [1.29, 1.82) is 0 Å². The molecule has 2 aromatic rings. The molecule has 110 valence electrons. The number of aromatic amines is 1. The van der Waals surface area contributed by atoms with Crippen LogP contribution in [0.1, 0.15) is 22.1 Å². The van der Waals surface area contributed by atoms with Gasteiger partial charge >= 0.3 is 0 Å². The van der Waals surface area contributed by atoms with E-state index in [2.05, 4.69) is 15.5 Å². The van der Waals surface area contributed by atoms with E-state index in [0.29, 0.717) is 11.3 Å². The number of halogens is 3. The number of anilines is 1. The summed E-state index contributed by atoms with van der Waals surface area (Å²) in [4.78, 5) is 11.6. The van der Waals surface area contributed by atoms with Gasteiger partial charge in [-0.3, -0.25) is 9.89 Å². The summed E-state index contributed by atoms with van der Waals surface area (Å²) in [7, 11) is 0. The Kier molecular flexibility index (Phi) is 3.40. The van der Waals surface area contributed by atoms with Crippen molar-refractivity contribution in [1.82, 2.24) is 10.2 Å². The zero-order valence-electron chi connectivity index (χ0n) is 10.8. The van der Waals surface area contributed by atoms with E-state index >= 15 is 0 Å². The van der Waals surface area contributed by atoms with E-state index in [1.165, 1.54) is 6.07 Å². The third-order valence-electron chi connectivity index (χ3n) is 3.24. The van der Waals surface area contributed by atoms with Crippen molar-refractivity contribution >= 4 is 23.5 Å². The minimum atomic E-state index is -1.51. The largest absolute Gasteiger partial charge is 0.308 e. The van der Waals surface area contributed by atoms with E-state index in [-0.39, 0.29) is 23.0 Å². The summed E-state index contributed by atoms with van der Waals surface area (Å²) in [5.74, 6) is -3.92. The van der Waals surface area contributed by atoms with Gasteiger partial charge in [0.15, 0.2) is 23.3 Å². The summed E-state index contributed by atoms with van der Waals surface area (Å²) in [6, 6.07) is 2.07. The van der Waals surface area contributed by atoms with Crippen LogP contribution >= 0.6 is 11.8 Å². The third-order valence-corrected chi connectivity index (χ3v) is 4.49. The highest BCUT2D eigenvalue weighted by Gasteiger charge is 2.31. The fraction of sp³-hybridized carbons (Fsp3) is 0.231. The molecular weight excluding hydrogens is 303 g/mol. The van der Waals surface area contributed by atoms with Gasteiger partial charge in [-0.05, 0) is 13.0 Å². The molecule has 0 unspecified atom stereocenters. The first-order valence-electron chi connectivity index (χ1n) is 6.08. The van der Waals surface area contributed by atoms with Crippen LogP contribution < -0.4 is 5.32 Å². The van der Waals surface area contributed by atoms with Gasteiger partial charge in [-0.1, -0.05) is 6.07 Å². The van der Waals surface area contributed by atoms with Crippen LogP contribution in [0.25, 0.3) is 0 Å². The molecule has 21 heavy (non-hydrogen) atoms. The SMILES string of the molecule is Cc1[nH]nc2c1[C@H](c1ccc(F)c(F)c1F)SCC(=O)N2. The summed E-state index contributed by atoms with van der Waals surface area (Å²) < 4.78 is 40.6. The van der Waals surface area contributed by atoms with Crippen molar-refractivity contribution in [3.05, 3.63) is 46.4 Å². The highest BCUT2D eigenvalue weighted by molar-refractivity contribution is 8.00. The van der Waals surface area contributed by atoms with Crippen LogP contribution in [-0.4, -0.2) is 21.9 Å². The number of nitrogens with zero attached hydrogens (tertiary/aromatic N) is 1. The molecule has 1 aliphatic heterocycles. The van der Waals surface area contributed by atoms with Gasteiger partial charge in [-0.2, -0.15) is 5.10 Å². The maximum atomic E-state index is 14.0. The number of hydrogen-bond acceptors (Lipinski definition) is 3. The van der Waals surface area contributed by atoms with Gasteiger partial charge in [0.05, 0.1) is 11.0 Å². The van der Waals surface area contributed by atoms with E-state index in [4.69, 9.17) is 0 Å². The molecule has 0 aliphatic carbocycles. The fourth-order valence-electron chi connectivity index (χ4n) is 2.25. The molecule has 0 bridgehead atoms. The lowest BCUT2D eigenvalue weighted by Gasteiger charge is -2.16. The van der Waals surface area contributed by atoms with E-state index in [9.17, 15) is 18.0 Å². The Hall–Kier alpha value is -1.96. The number of thioether (sulfide) groups is 1. The number of aromatic nitrogens is 2. The van der Waals surface area contributed by atoms with Gasteiger partial charge in [0, 0.05) is 16.8 Å². The van der Waals surface area contributed by atoms with Crippen LogP contribution in [0.5, 0.6) is 0 Å². The Balaban J connectivity index is 2.16. The number of H-pyrrole nitrogens is 1. The Bertz CT molecular complexity index is 732. The molecule has 1 aromatic carbocycles. The minimum Gasteiger partial charge on any atom is -0.308 e. The number of aryl methyl sites for hydroxylation is 1. The van der Waals surface area contributed by atoms with E-state index in [1.54, 1.807) is 6.92 Å². The Labute approximate surface area is 122 Å². The summed E-state index contributed by atoms with van der Waals surface area (Å²) in [6.07, 6.45) is 0. The maximum Gasteiger partial charge on any atom is 0.235 e. The van der Waals surface area contributed by atoms with Crippen molar-refractivity contribution in [2.75, 3.05) is 11.1 Å². The topological polar surface area (TPSA) is 57.8 Å². The van der Waals surface area contributed by atoms with Crippen LogP contribution in [-0.2, 0) is 4.79 Å². The van der Waals surface area contributed by atoms with Gasteiger partial charge in [-0.15, -0.1) is 11.8 Å². The third kappa shape index (κ3) is 2.29. The molecule has 1 amide bonds. The first-order valence-corrected chi connectivity index (χ1v) is 7.13. The molecular formula is C13H10F3N3OS. The van der Waals surface area contributed by atoms with Crippen molar-refractivity contribution in [3.63, 3.8) is 0 Å². The van der Waals surface area contributed by atoms with E-state index in [0.717, 1.165) is 17.8 Å². The highest BCUT2D eigenvalue weighted by Crippen LogP contribution is 2.43. The molecule has 4 nitrogen and oxygen atoms in total. The van der Waals surface area contributed by atoms with E-state index in [1.807, 2.05) is 0 Å². The Morgan fingerprint density at radius 1 is 1.29 bits per heavy atom. The number of amides is 1. The van der Waals surface area contributed by atoms with Crippen molar-refractivity contribution in [2.24, 2.45) is 0 Å². The molecule has 1 atom stereocenters. The number of carbonyl (C=O) groups excluding carboxylic acids is 1. The summed E-state index contributed by atoms with van der Waals surface area (Å²) in [5.41, 5.74) is 1.19. The number of hydrogen-bond donors (Lipinski definition) is 2. The monoisotopic (exact) mass is 313 g/mol. The number of benzene rings is 1. The highest BCUT2D eigenvalue weighted by atomic mass is 32.2. The summed E-state index contributed by atoms with van der Waals surface area (Å²) in [5, 5.41) is 8.61. The number of nitrogens with one attached hydrogen (secondary N) is 2. The van der Waals surface area contributed by atoms with Crippen molar-refractivity contribution in [2.45, 2.75) is 12.2 Å². The predicted molar refractivity (Wildman–Crippen MR) is 72.6 cm³/mol. The summed E-state index contributed by atoms with van der Waals surface area (Å²) in [6.45, 7) is 1.72. The van der Waals surface area contributed by atoms with Gasteiger partial charge < -0.3 is 5.32 Å². The molecule has 2 heterocycles. The molecule has 0 fully saturated rings. The average molecular weight is 313 g/mol. The normalized spacial score (nSPS) is 18.1. The second-order valence-electron chi connectivity index (χ2n) is 4.61. The molecule has 0 saturated heterocycles. The van der Waals surface area contributed by atoms with Crippen LogP contribution in [0.15, 0.2) is 12.1 Å². The van der Waals surface area contributed by atoms with Crippen LogP contribution in [0.3, 0.4) is 0 Å². The smallest absolute Gasteiger partial charge is 0.235 e. The Morgan fingerprint density at radius 3 is 2.81 bits per heavy atom. The zero-order valence-corrected chi connectivity index (χ0v) is 11.7. The van der Waals surface area contributed by atoms with Crippen LogP contribution in [0.4, 0.5) is 19.0 Å². The van der Waals surface area contributed by atoms with E-state index < -0.39 is 22.7 Å². The summed E-state index contributed by atoms with van der Waals surface area (Å²) >= 11 is 1.13. The van der Waals surface area contributed by atoms with Gasteiger partial charge in [0.1, 0.15) is 0 Å². The fourth-order valence-corrected chi connectivity index (χ4v) is 3.46. The zero-order chi connectivity index (χ0) is 15.1. The molecule has 0 saturated carbocycles. The van der Waals surface area contributed by atoms with Crippen LogP contribution in [0, 0.1) is 24.4 Å². The second kappa shape index (κ2) is 5.10. The molecule has 1 aromatic heterocycles.